The van der Waals surface area contributed by atoms with E-state index in [2.05, 4.69) is 62.5 Å². The molecule has 2 aromatic carbocycles. The van der Waals surface area contributed by atoms with Gasteiger partial charge in [-0.2, -0.15) is 0 Å². The topological polar surface area (TPSA) is 21.3 Å². The van der Waals surface area contributed by atoms with Crippen molar-refractivity contribution < 1.29 is 4.74 Å². The van der Waals surface area contributed by atoms with Crippen molar-refractivity contribution in [2.45, 2.75) is 33.3 Å². The van der Waals surface area contributed by atoms with Crippen LogP contribution in [0.3, 0.4) is 0 Å². The van der Waals surface area contributed by atoms with Gasteiger partial charge in [0.1, 0.15) is 11.9 Å². The molecule has 2 heteroatoms. The molecule has 2 rings (SSSR count). The van der Waals surface area contributed by atoms with Crippen molar-refractivity contribution in [1.82, 2.24) is 0 Å². The molecule has 1 N–H and O–H groups in total. The van der Waals surface area contributed by atoms with Crippen LogP contribution in [0.4, 0.5) is 5.69 Å². The lowest BCUT2D eigenvalue weighted by Gasteiger charge is -2.19. The second kappa shape index (κ2) is 6.99. The Labute approximate surface area is 121 Å². The molecule has 0 radical (unpaired) electrons. The Kier molecular flexibility index (Phi) is 5.05. The SMILES string of the molecule is CCC(CNc1ccc(C)cc1)Oc1ccc(C)cc1. The number of aryl methyl sites for hydroxylation is 2. The van der Waals surface area contributed by atoms with Gasteiger partial charge in [-0.1, -0.05) is 42.3 Å². The lowest BCUT2D eigenvalue weighted by Crippen LogP contribution is -2.25. The molecule has 0 saturated carbocycles. The molecule has 0 bridgehead atoms. The molecular weight excluding hydrogens is 246 g/mol. The van der Waals surface area contributed by atoms with Gasteiger partial charge in [0.2, 0.25) is 0 Å². The van der Waals surface area contributed by atoms with E-state index in [0.717, 1.165) is 24.4 Å². The Hall–Kier alpha value is -1.96. The maximum absolute atomic E-state index is 6.00. The van der Waals surface area contributed by atoms with Gasteiger partial charge in [0.25, 0.3) is 0 Å². The van der Waals surface area contributed by atoms with Crippen LogP contribution in [0.5, 0.6) is 5.75 Å². The van der Waals surface area contributed by atoms with E-state index in [1.807, 2.05) is 12.1 Å². The highest BCUT2D eigenvalue weighted by atomic mass is 16.5. The molecule has 1 atom stereocenters. The fourth-order valence-corrected chi connectivity index (χ4v) is 1.98. The highest BCUT2D eigenvalue weighted by Crippen LogP contribution is 2.15. The lowest BCUT2D eigenvalue weighted by atomic mass is 10.2. The molecule has 0 aliphatic heterocycles. The highest BCUT2D eigenvalue weighted by Gasteiger charge is 2.07. The van der Waals surface area contributed by atoms with Gasteiger partial charge in [0.05, 0.1) is 6.54 Å². The third kappa shape index (κ3) is 4.30. The third-order valence-corrected chi connectivity index (χ3v) is 3.36. The first-order valence-corrected chi connectivity index (χ1v) is 7.21. The molecule has 20 heavy (non-hydrogen) atoms. The number of anilines is 1. The van der Waals surface area contributed by atoms with Crippen molar-refractivity contribution in [3.8, 4) is 5.75 Å². The molecule has 0 aromatic heterocycles. The second-order valence-corrected chi connectivity index (χ2v) is 5.21. The minimum Gasteiger partial charge on any atom is -0.489 e. The van der Waals surface area contributed by atoms with Crippen LogP contribution in [0.1, 0.15) is 24.5 Å². The summed E-state index contributed by atoms with van der Waals surface area (Å²) in [6.07, 6.45) is 1.16. The summed E-state index contributed by atoms with van der Waals surface area (Å²) in [5, 5.41) is 3.43. The first-order chi connectivity index (χ1) is 9.67. The molecule has 2 aromatic rings. The average Bonchev–Trinajstić information content (AvgIpc) is 2.47. The van der Waals surface area contributed by atoms with E-state index in [1.54, 1.807) is 0 Å². The summed E-state index contributed by atoms with van der Waals surface area (Å²) in [4.78, 5) is 0. The summed E-state index contributed by atoms with van der Waals surface area (Å²) < 4.78 is 6.00. The zero-order chi connectivity index (χ0) is 14.4. The maximum Gasteiger partial charge on any atom is 0.119 e. The van der Waals surface area contributed by atoms with Gasteiger partial charge in [-0.3, -0.25) is 0 Å². The first-order valence-electron chi connectivity index (χ1n) is 7.21. The van der Waals surface area contributed by atoms with Gasteiger partial charge >= 0.3 is 0 Å². The summed E-state index contributed by atoms with van der Waals surface area (Å²) >= 11 is 0. The van der Waals surface area contributed by atoms with Crippen LogP contribution < -0.4 is 10.1 Å². The van der Waals surface area contributed by atoms with E-state index in [4.69, 9.17) is 4.74 Å². The molecular formula is C18H23NO. The molecule has 0 saturated heterocycles. The van der Waals surface area contributed by atoms with Crippen molar-refractivity contribution in [3.63, 3.8) is 0 Å². The first kappa shape index (κ1) is 14.4. The van der Waals surface area contributed by atoms with Crippen LogP contribution >= 0.6 is 0 Å². The zero-order valence-electron chi connectivity index (χ0n) is 12.5. The Morgan fingerprint density at radius 3 is 2.00 bits per heavy atom. The zero-order valence-corrected chi connectivity index (χ0v) is 12.5. The van der Waals surface area contributed by atoms with E-state index >= 15 is 0 Å². The number of benzene rings is 2. The Morgan fingerprint density at radius 2 is 1.45 bits per heavy atom. The van der Waals surface area contributed by atoms with Crippen molar-refractivity contribution in [3.05, 3.63) is 59.7 Å². The summed E-state index contributed by atoms with van der Waals surface area (Å²) in [5.41, 5.74) is 3.67. The van der Waals surface area contributed by atoms with E-state index in [-0.39, 0.29) is 6.10 Å². The number of ether oxygens (including phenoxy) is 1. The largest absolute Gasteiger partial charge is 0.489 e. The highest BCUT2D eigenvalue weighted by molar-refractivity contribution is 5.44. The van der Waals surface area contributed by atoms with Gasteiger partial charge in [0, 0.05) is 5.69 Å². The maximum atomic E-state index is 6.00. The number of hydrogen-bond acceptors (Lipinski definition) is 2. The van der Waals surface area contributed by atoms with E-state index in [0.29, 0.717) is 0 Å². The summed E-state index contributed by atoms with van der Waals surface area (Å²) in [6, 6.07) is 16.7. The predicted octanol–water partition coefficient (Wildman–Crippen LogP) is 4.57. The molecule has 0 spiro atoms. The lowest BCUT2D eigenvalue weighted by molar-refractivity contribution is 0.210. The minimum absolute atomic E-state index is 0.180. The standard InChI is InChI=1S/C18H23NO/c1-4-17(20-18-11-7-15(3)8-12-18)13-19-16-9-5-14(2)6-10-16/h5-12,17,19H,4,13H2,1-3H3. The van der Waals surface area contributed by atoms with Crippen LogP contribution in [0, 0.1) is 13.8 Å². The monoisotopic (exact) mass is 269 g/mol. The summed E-state index contributed by atoms with van der Waals surface area (Å²) in [6.45, 7) is 7.14. The molecule has 0 aliphatic carbocycles. The summed E-state index contributed by atoms with van der Waals surface area (Å²) in [7, 11) is 0. The summed E-state index contributed by atoms with van der Waals surface area (Å²) in [5.74, 6) is 0.938. The number of hydrogen-bond donors (Lipinski definition) is 1. The molecule has 0 aliphatic rings. The van der Waals surface area contributed by atoms with Crippen molar-refractivity contribution >= 4 is 5.69 Å². The second-order valence-electron chi connectivity index (χ2n) is 5.21. The van der Waals surface area contributed by atoms with E-state index in [9.17, 15) is 0 Å². The van der Waals surface area contributed by atoms with Gasteiger partial charge in [-0.25, -0.2) is 0 Å². The molecule has 0 amide bonds. The Bertz CT molecular complexity index is 516. The predicted molar refractivity (Wildman–Crippen MR) is 85.6 cm³/mol. The fourth-order valence-electron chi connectivity index (χ4n) is 1.98. The molecule has 1 unspecified atom stereocenters. The minimum atomic E-state index is 0.180. The third-order valence-electron chi connectivity index (χ3n) is 3.36. The smallest absolute Gasteiger partial charge is 0.119 e. The molecule has 0 heterocycles. The molecule has 106 valence electrons. The van der Waals surface area contributed by atoms with Crippen molar-refractivity contribution in [1.29, 1.82) is 0 Å². The van der Waals surface area contributed by atoms with Gasteiger partial charge in [-0.05, 0) is 44.5 Å². The van der Waals surface area contributed by atoms with Gasteiger partial charge < -0.3 is 10.1 Å². The van der Waals surface area contributed by atoms with Crippen LogP contribution in [0.25, 0.3) is 0 Å². The van der Waals surface area contributed by atoms with Crippen LogP contribution in [0.15, 0.2) is 48.5 Å². The average molecular weight is 269 g/mol. The van der Waals surface area contributed by atoms with Crippen molar-refractivity contribution in [2.75, 3.05) is 11.9 Å². The molecule has 0 fully saturated rings. The number of nitrogens with one attached hydrogen (secondary N) is 1. The fraction of sp³-hybridized carbons (Fsp3) is 0.333. The van der Waals surface area contributed by atoms with Gasteiger partial charge in [-0.15, -0.1) is 0 Å². The van der Waals surface area contributed by atoms with E-state index in [1.165, 1.54) is 11.1 Å². The molecule has 2 nitrogen and oxygen atoms in total. The van der Waals surface area contributed by atoms with Crippen LogP contribution in [0.2, 0.25) is 0 Å². The van der Waals surface area contributed by atoms with E-state index < -0.39 is 0 Å². The number of rotatable bonds is 6. The Morgan fingerprint density at radius 1 is 0.900 bits per heavy atom. The van der Waals surface area contributed by atoms with Gasteiger partial charge in [0.15, 0.2) is 0 Å². The Balaban J connectivity index is 1.88. The van der Waals surface area contributed by atoms with Crippen molar-refractivity contribution in [2.24, 2.45) is 0 Å². The quantitative estimate of drug-likeness (QED) is 0.829. The van der Waals surface area contributed by atoms with Crippen LogP contribution in [-0.2, 0) is 0 Å². The normalized spacial score (nSPS) is 11.9. The van der Waals surface area contributed by atoms with Crippen LogP contribution in [-0.4, -0.2) is 12.6 Å².